The predicted molar refractivity (Wildman–Crippen MR) is 128 cm³/mol. The second kappa shape index (κ2) is 10.0. The number of amides is 1. The third-order valence-corrected chi connectivity index (χ3v) is 10.2. The van der Waals surface area contributed by atoms with Crippen molar-refractivity contribution in [3.63, 3.8) is 0 Å². The molecule has 4 aliphatic heterocycles. The van der Waals surface area contributed by atoms with E-state index >= 15 is 0 Å². The quantitative estimate of drug-likeness (QED) is 0.653. The highest BCUT2D eigenvalue weighted by Crippen LogP contribution is 2.43. The fourth-order valence-corrected chi connectivity index (χ4v) is 8.74. The third-order valence-electron chi connectivity index (χ3n) is 8.39. The van der Waals surface area contributed by atoms with Crippen molar-refractivity contribution in [3.05, 3.63) is 30.1 Å². The molecule has 182 valence electrons. The van der Waals surface area contributed by atoms with Crippen molar-refractivity contribution in [1.29, 1.82) is 0 Å². The lowest BCUT2D eigenvalue weighted by atomic mass is 9.69. The SMILES string of the molecule is O=C(CCC[C@@H]1[C@H]2CCCN3CCC[C@@H](CN1Cc1cccnc1)[C@@H]23)NC1CCS(=O)(=O)C1. The molecule has 1 aromatic rings. The summed E-state index contributed by atoms with van der Waals surface area (Å²) in [7, 11) is -2.97. The molecule has 0 aromatic carbocycles. The van der Waals surface area contributed by atoms with Crippen LogP contribution in [0, 0.1) is 11.8 Å². The van der Waals surface area contributed by atoms with E-state index in [0.717, 1.165) is 31.8 Å². The van der Waals surface area contributed by atoms with Gasteiger partial charge in [0.2, 0.25) is 5.91 Å². The average molecular weight is 475 g/mol. The van der Waals surface area contributed by atoms with E-state index in [2.05, 4.69) is 26.2 Å². The second-order valence-electron chi connectivity index (χ2n) is 10.7. The molecule has 33 heavy (non-hydrogen) atoms. The third kappa shape index (κ3) is 5.43. The van der Waals surface area contributed by atoms with Crippen LogP contribution in [0.5, 0.6) is 0 Å². The number of sulfone groups is 1. The van der Waals surface area contributed by atoms with Gasteiger partial charge in [-0.05, 0) is 81.5 Å². The molecule has 7 nitrogen and oxygen atoms in total. The zero-order valence-corrected chi connectivity index (χ0v) is 20.4. The van der Waals surface area contributed by atoms with Crippen LogP contribution >= 0.6 is 0 Å². The summed E-state index contributed by atoms with van der Waals surface area (Å²) in [4.78, 5) is 22.3. The first-order valence-electron chi connectivity index (χ1n) is 12.9. The highest BCUT2D eigenvalue weighted by molar-refractivity contribution is 7.91. The lowest BCUT2D eigenvalue weighted by Crippen LogP contribution is -2.64. The van der Waals surface area contributed by atoms with Crippen LogP contribution in [0.25, 0.3) is 0 Å². The maximum atomic E-state index is 12.5. The summed E-state index contributed by atoms with van der Waals surface area (Å²) in [6.07, 6.45) is 12.0. The van der Waals surface area contributed by atoms with Crippen molar-refractivity contribution in [2.75, 3.05) is 31.1 Å². The number of hydrogen-bond donors (Lipinski definition) is 1. The molecule has 1 amide bonds. The van der Waals surface area contributed by atoms with Crippen LogP contribution < -0.4 is 5.32 Å². The summed E-state index contributed by atoms with van der Waals surface area (Å²) >= 11 is 0. The maximum Gasteiger partial charge on any atom is 0.220 e. The minimum Gasteiger partial charge on any atom is -0.352 e. The molecule has 0 spiro atoms. The van der Waals surface area contributed by atoms with Crippen LogP contribution in [0.4, 0.5) is 0 Å². The zero-order chi connectivity index (χ0) is 22.8. The van der Waals surface area contributed by atoms with Crippen LogP contribution in [0.1, 0.15) is 56.9 Å². The predicted octanol–water partition coefficient (Wildman–Crippen LogP) is 2.23. The standard InChI is InChI=1S/C25H38N4O3S/c30-24(27-21-10-14-33(31,32)18-21)9-1-8-23-22-7-4-13-28-12-3-6-20(25(22)28)17-29(23)16-19-5-2-11-26-15-19/h2,5,11,15,20-23,25H,1,3-4,6-10,12-14,16-18H2,(H,27,30)/t20-,21?,22+,23+,25-/m0/s1. The van der Waals surface area contributed by atoms with Gasteiger partial charge in [-0.1, -0.05) is 6.07 Å². The van der Waals surface area contributed by atoms with Crippen LogP contribution in [0.15, 0.2) is 24.5 Å². The maximum absolute atomic E-state index is 12.5. The van der Waals surface area contributed by atoms with Crippen molar-refractivity contribution in [3.8, 4) is 0 Å². The number of hydrogen-bond acceptors (Lipinski definition) is 6. The van der Waals surface area contributed by atoms with Gasteiger partial charge >= 0.3 is 0 Å². The number of rotatable bonds is 7. The van der Waals surface area contributed by atoms with Gasteiger partial charge in [0.15, 0.2) is 9.84 Å². The van der Waals surface area contributed by atoms with Gasteiger partial charge in [-0.2, -0.15) is 0 Å². The van der Waals surface area contributed by atoms with Gasteiger partial charge < -0.3 is 5.32 Å². The Hall–Kier alpha value is -1.51. The topological polar surface area (TPSA) is 82.6 Å². The van der Waals surface area contributed by atoms with Gasteiger partial charge in [0.05, 0.1) is 11.5 Å². The molecule has 0 aliphatic carbocycles. The van der Waals surface area contributed by atoms with Crippen LogP contribution in [0.3, 0.4) is 0 Å². The molecule has 4 saturated heterocycles. The molecule has 1 aromatic heterocycles. The molecule has 0 radical (unpaired) electrons. The van der Waals surface area contributed by atoms with Crippen molar-refractivity contribution < 1.29 is 13.2 Å². The highest BCUT2D eigenvalue weighted by atomic mass is 32.2. The number of pyridine rings is 1. The molecule has 0 bridgehead atoms. The Morgan fingerprint density at radius 3 is 2.79 bits per heavy atom. The molecular weight excluding hydrogens is 436 g/mol. The van der Waals surface area contributed by atoms with E-state index in [9.17, 15) is 13.2 Å². The fourth-order valence-electron chi connectivity index (χ4n) is 7.07. The van der Waals surface area contributed by atoms with E-state index in [0.29, 0.717) is 30.8 Å². The lowest BCUT2D eigenvalue weighted by molar-refractivity contribution is -0.122. The Morgan fingerprint density at radius 1 is 1.18 bits per heavy atom. The Morgan fingerprint density at radius 2 is 2.03 bits per heavy atom. The Balaban J connectivity index is 1.23. The number of nitrogens with one attached hydrogen (secondary N) is 1. The first kappa shape index (κ1) is 23.2. The summed E-state index contributed by atoms with van der Waals surface area (Å²) in [5, 5.41) is 2.96. The Labute approximate surface area is 198 Å². The van der Waals surface area contributed by atoms with E-state index in [1.165, 1.54) is 44.3 Å². The normalized spacial score (nSPS) is 34.0. The number of likely N-dealkylation sites (tertiary alicyclic amines) is 1. The van der Waals surface area contributed by atoms with Crippen LogP contribution in [-0.4, -0.2) is 78.4 Å². The minimum atomic E-state index is -2.97. The second-order valence-corrected chi connectivity index (χ2v) is 12.9. The average Bonchev–Trinajstić information content (AvgIpc) is 3.14. The molecule has 1 N–H and O–H groups in total. The van der Waals surface area contributed by atoms with Gasteiger partial charge in [0, 0.05) is 50.0 Å². The van der Waals surface area contributed by atoms with Gasteiger partial charge in [0.1, 0.15) is 0 Å². The summed E-state index contributed by atoms with van der Waals surface area (Å²) in [5.41, 5.74) is 1.27. The van der Waals surface area contributed by atoms with Crippen LogP contribution in [-0.2, 0) is 21.2 Å². The van der Waals surface area contributed by atoms with E-state index < -0.39 is 9.84 Å². The number of aromatic nitrogens is 1. The number of piperidine rings is 3. The molecular formula is C25H38N4O3S. The molecule has 5 atom stereocenters. The Kier molecular flexibility index (Phi) is 7.04. The fraction of sp³-hybridized carbons (Fsp3) is 0.760. The summed E-state index contributed by atoms with van der Waals surface area (Å²) in [6, 6.07) is 5.20. The highest BCUT2D eigenvalue weighted by Gasteiger charge is 2.48. The molecule has 4 fully saturated rings. The van der Waals surface area contributed by atoms with Crippen molar-refractivity contribution in [1.82, 2.24) is 20.1 Å². The van der Waals surface area contributed by atoms with Gasteiger partial charge in [0.25, 0.3) is 0 Å². The number of carbonyl (C=O) groups excluding carboxylic acids is 1. The van der Waals surface area contributed by atoms with E-state index in [4.69, 9.17) is 0 Å². The van der Waals surface area contributed by atoms with Gasteiger partial charge in [-0.15, -0.1) is 0 Å². The molecule has 8 heteroatoms. The van der Waals surface area contributed by atoms with Crippen molar-refractivity contribution in [2.24, 2.45) is 11.8 Å². The Bertz CT molecular complexity index is 923. The summed E-state index contributed by atoms with van der Waals surface area (Å²) < 4.78 is 23.4. The molecule has 5 heterocycles. The summed E-state index contributed by atoms with van der Waals surface area (Å²) in [6.45, 7) is 4.58. The first-order valence-corrected chi connectivity index (χ1v) is 14.7. The largest absolute Gasteiger partial charge is 0.352 e. The van der Waals surface area contributed by atoms with Gasteiger partial charge in [-0.3, -0.25) is 19.6 Å². The molecule has 1 unspecified atom stereocenters. The molecule has 5 rings (SSSR count). The number of nitrogens with zero attached hydrogens (tertiary/aromatic N) is 3. The van der Waals surface area contributed by atoms with Crippen molar-refractivity contribution in [2.45, 2.75) is 76.0 Å². The summed E-state index contributed by atoms with van der Waals surface area (Å²) in [5.74, 6) is 1.74. The monoisotopic (exact) mass is 474 g/mol. The van der Waals surface area contributed by atoms with Gasteiger partial charge in [-0.25, -0.2) is 8.42 Å². The van der Waals surface area contributed by atoms with E-state index in [-0.39, 0.29) is 23.5 Å². The molecule has 4 aliphatic rings. The smallest absolute Gasteiger partial charge is 0.220 e. The first-order chi connectivity index (χ1) is 16.0. The molecule has 0 saturated carbocycles. The zero-order valence-electron chi connectivity index (χ0n) is 19.6. The minimum absolute atomic E-state index is 0.00697. The van der Waals surface area contributed by atoms with E-state index in [1.807, 2.05) is 18.5 Å². The van der Waals surface area contributed by atoms with Crippen molar-refractivity contribution >= 4 is 15.7 Å². The lowest BCUT2D eigenvalue weighted by Gasteiger charge is -2.57. The van der Waals surface area contributed by atoms with Crippen LogP contribution in [0.2, 0.25) is 0 Å². The number of carbonyl (C=O) groups is 1. The van der Waals surface area contributed by atoms with E-state index in [1.54, 1.807) is 0 Å².